The van der Waals surface area contributed by atoms with Crippen LogP contribution in [0.25, 0.3) is 0 Å². The first-order chi connectivity index (χ1) is 16.2. The molecule has 0 heterocycles. The molecule has 0 fully saturated rings. The molecule has 1 amide bonds. The van der Waals surface area contributed by atoms with Crippen LogP contribution in [-0.2, 0) is 14.8 Å². The molecule has 10 heteroatoms. The Labute approximate surface area is 204 Å². The minimum atomic E-state index is -4.26. The van der Waals surface area contributed by atoms with Gasteiger partial charge in [0.15, 0.2) is 11.5 Å². The number of ether oxygens (including phenoxy) is 3. The fourth-order valence-electron chi connectivity index (χ4n) is 3.29. The van der Waals surface area contributed by atoms with E-state index in [4.69, 9.17) is 25.8 Å². The summed E-state index contributed by atoms with van der Waals surface area (Å²) in [6.45, 7) is -0.501. The highest BCUT2D eigenvalue weighted by atomic mass is 35.5. The summed E-state index contributed by atoms with van der Waals surface area (Å²) in [6, 6.07) is 17.7. The minimum absolute atomic E-state index is 0.0951. The molecule has 34 heavy (non-hydrogen) atoms. The molecule has 0 atom stereocenters. The molecule has 0 saturated carbocycles. The third kappa shape index (κ3) is 5.21. The number of hydrogen-bond donors (Lipinski definition) is 0. The summed E-state index contributed by atoms with van der Waals surface area (Å²) in [5.41, 5.74) is 0.744. The zero-order valence-electron chi connectivity index (χ0n) is 19.2. The van der Waals surface area contributed by atoms with Crippen molar-refractivity contribution in [3.8, 4) is 17.2 Å². The Hall–Kier alpha value is -3.43. The van der Waals surface area contributed by atoms with Crippen LogP contribution < -0.4 is 23.4 Å². The van der Waals surface area contributed by atoms with Crippen molar-refractivity contribution in [1.29, 1.82) is 0 Å². The molecule has 0 aliphatic heterocycles. The Kier molecular flexibility index (Phi) is 7.90. The number of halogens is 1. The fourth-order valence-corrected chi connectivity index (χ4v) is 4.89. The van der Waals surface area contributed by atoms with Gasteiger partial charge in [0, 0.05) is 23.8 Å². The van der Waals surface area contributed by atoms with E-state index in [-0.39, 0.29) is 27.1 Å². The molecule has 0 N–H and O–H groups in total. The van der Waals surface area contributed by atoms with Crippen LogP contribution in [0.15, 0.2) is 71.6 Å². The number of nitrogens with zero attached hydrogens (tertiary/aromatic N) is 2. The van der Waals surface area contributed by atoms with Gasteiger partial charge in [-0.3, -0.25) is 9.10 Å². The summed E-state index contributed by atoms with van der Waals surface area (Å²) in [7, 11) is 1.58. The number of hydrogen-bond acceptors (Lipinski definition) is 6. The summed E-state index contributed by atoms with van der Waals surface area (Å²) in [4.78, 5) is 14.5. The highest BCUT2D eigenvalue weighted by molar-refractivity contribution is 7.92. The van der Waals surface area contributed by atoms with E-state index >= 15 is 0 Å². The molecule has 180 valence electrons. The zero-order valence-corrected chi connectivity index (χ0v) is 20.8. The molecule has 3 aromatic carbocycles. The zero-order chi connectivity index (χ0) is 24.9. The van der Waals surface area contributed by atoms with Gasteiger partial charge in [-0.05, 0) is 42.5 Å². The van der Waals surface area contributed by atoms with E-state index in [1.54, 1.807) is 43.4 Å². The van der Waals surface area contributed by atoms with Gasteiger partial charge in [0.2, 0.25) is 5.91 Å². The van der Waals surface area contributed by atoms with Crippen LogP contribution in [0.1, 0.15) is 0 Å². The molecule has 3 aromatic rings. The Morgan fingerprint density at radius 3 is 2.09 bits per heavy atom. The van der Waals surface area contributed by atoms with Crippen molar-refractivity contribution < 1.29 is 27.4 Å². The predicted octanol–water partition coefficient (Wildman–Crippen LogP) is 4.22. The quantitative estimate of drug-likeness (QED) is 0.433. The number of carbonyl (C=O) groups excluding carboxylic acids is 1. The standard InChI is InChI=1S/C24H25ClN2O6S/c1-26(18-8-6-5-7-9-18)24(28)16-27(20-14-17(25)10-12-21(20)31-2)34(29,30)19-11-13-22(32-3)23(15-19)33-4/h5-15H,16H2,1-4H3. The third-order valence-electron chi connectivity index (χ3n) is 5.15. The van der Waals surface area contributed by atoms with Gasteiger partial charge < -0.3 is 19.1 Å². The lowest BCUT2D eigenvalue weighted by Gasteiger charge is -2.28. The second kappa shape index (κ2) is 10.7. The third-order valence-corrected chi connectivity index (χ3v) is 7.14. The van der Waals surface area contributed by atoms with E-state index < -0.39 is 22.5 Å². The van der Waals surface area contributed by atoms with Crippen LogP contribution in [0.2, 0.25) is 5.02 Å². The molecule has 0 aliphatic carbocycles. The van der Waals surface area contributed by atoms with Gasteiger partial charge in [-0.15, -0.1) is 0 Å². The maximum atomic E-state index is 13.8. The molecular formula is C24H25ClN2O6S. The van der Waals surface area contributed by atoms with Gasteiger partial charge in [0.1, 0.15) is 12.3 Å². The van der Waals surface area contributed by atoms with Crippen LogP contribution >= 0.6 is 11.6 Å². The average molecular weight is 505 g/mol. The van der Waals surface area contributed by atoms with Crippen molar-refractivity contribution in [1.82, 2.24) is 0 Å². The lowest BCUT2D eigenvalue weighted by atomic mass is 10.2. The first-order valence-electron chi connectivity index (χ1n) is 10.1. The number of anilines is 2. The minimum Gasteiger partial charge on any atom is -0.495 e. The van der Waals surface area contributed by atoms with E-state index in [2.05, 4.69) is 0 Å². The molecule has 0 aliphatic rings. The first-order valence-corrected chi connectivity index (χ1v) is 11.9. The molecule has 0 aromatic heterocycles. The summed E-state index contributed by atoms with van der Waals surface area (Å²) < 4.78 is 44.5. The number of rotatable bonds is 9. The van der Waals surface area contributed by atoms with Gasteiger partial charge >= 0.3 is 0 Å². The number of benzene rings is 3. The summed E-state index contributed by atoms with van der Waals surface area (Å²) in [5, 5.41) is 0.284. The largest absolute Gasteiger partial charge is 0.495 e. The van der Waals surface area contributed by atoms with Crippen LogP contribution in [0.4, 0.5) is 11.4 Å². The number of methoxy groups -OCH3 is 3. The average Bonchev–Trinajstić information content (AvgIpc) is 2.86. The second-order valence-corrected chi connectivity index (χ2v) is 9.43. The normalized spacial score (nSPS) is 11.0. The number of para-hydroxylation sites is 1. The van der Waals surface area contributed by atoms with Crippen molar-refractivity contribution >= 4 is 38.9 Å². The molecular weight excluding hydrogens is 480 g/mol. The predicted molar refractivity (Wildman–Crippen MR) is 132 cm³/mol. The second-order valence-electron chi connectivity index (χ2n) is 7.13. The summed E-state index contributed by atoms with van der Waals surface area (Å²) >= 11 is 6.19. The molecule has 0 radical (unpaired) electrons. The first kappa shape index (κ1) is 25.2. The van der Waals surface area contributed by atoms with Gasteiger partial charge in [-0.25, -0.2) is 8.42 Å². The van der Waals surface area contributed by atoms with Crippen LogP contribution in [-0.4, -0.2) is 49.2 Å². The Morgan fingerprint density at radius 1 is 0.853 bits per heavy atom. The number of carbonyl (C=O) groups is 1. The number of amides is 1. The van der Waals surface area contributed by atoms with Crippen molar-refractivity contribution in [3.63, 3.8) is 0 Å². The lowest BCUT2D eigenvalue weighted by Crippen LogP contribution is -2.42. The van der Waals surface area contributed by atoms with E-state index in [9.17, 15) is 13.2 Å². The fraction of sp³-hybridized carbons (Fsp3) is 0.208. The van der Waals surface area contributed by atoms with Crippen LogP contribution in [0.3, 0.4) is 0 Å². The van der Waals surface area contributed by atoms with Gasteiger partial charge in [0.05, 0.1) is 31.9 Å². The van der Waals surface area contributed by atoms with Crippen molar-refractivity contribution in [3.05, 3.63) is 71.8 Å². The van der Waals surface area contributed by atoms with Gasteiger partial charge in [-0.2, -0.15) is 0 Å². The van der Waals surface area contributed by atoms with Crippen LogP contribution in [0, 0.1) is 0 Å². The van der Waals surface area contributed by atoms with Crippen molar-refractivity contribution in [2.45, 2.75) is 4.90 Å². The Balaban J connectivity index is 2.12. The number of sulfonamides is 1. The van der Waals surface area contributed by atoms with E-state index in [0.717, 1.165) is 4.31 Å². The topological polar surface area (TPSA) is 85.4 Å². The highest BCUT2D eigenvalue weighted by Gasteiger charge is 2.31. The maximum absolute atomic E-state index is 13.8. The van der Waals surface area contributed by atoms with E-state index in [0.29, 0.717) is 11.4 Å². The monoisotopic (exact) mass is 504 g/mol. The molecule has 8 nitrogen and oxygen atoms in total. The molecule has 0 unspecified atom stereocenters. The number of likely N-dealkylation sites (N-methyl/N-ethyl adjacent to an activating group) is 1. The summed E-state index contributed by atoms with van der Waals surface area (Å²) in [5.74, 6) is 0.378. The Bertz CT molecular complexity index is 1270. The van der Waals surface area contributed by atoms with E-state index in [1.807, 2.05) is 6.07 Å². The van der Waals surface area contributed by atoms with Crippen molar-refractivity contribution in [2.75, 3.05) is 44.1 Å². The van der Waals surface area contributed by atoms with Crippen LogP contribution in [0.5, 0.6) is 17.2 Å². The lowest BCUT2D eigenvalue weighted by molar-refractivity contribution is -0.116. The smallest absolute Gasteiger partial charge is 0.265 e. The molecule has 0 saturated heterocycles. The molecule has 3 rings (SSSR count). The molecule has 0 spiro atoms. The summed E-state index contributed by atoms with van der Waals surface area (Å²) in [6.07, 6.45) is 0. The maximum Gasteiger partial charge on any atom is 0.265 e. The van der Waals surface area contributed by atoms with Crippen molar-refractivity contribution in [2.24, 2.45) is 0 Å². The SMILES string of the molecule is COc1ccc(S(=O)(=O)N(CC(=O)N(C)c2ccccc2)c2cc(Cl)ccc2OC)cc1OC. The van der Waals surface area contributed by atoms with Gasteiger partial charge in [-0.1, -0.05) is 29.8 Å². The Morgan fingerprint density at radius 2 is 1.47 bits per heavy atom. The van der Waals surface area contributed by atoms with Gasteiger partial charge in [0.25, 0.3) is 10.0 Å². The van der Waals surface area contributed by atoms with E-state index in [1.165, 1.54) is 50.5 Å². The highest BCUT2D eigenvalue weighted by Crippen LogP contribution is 2.37. The molecule has 0 bridgehead atoms.